The number of rotatable bonds is 5. The van der Waals surface area contributed by atoms with Crippen molar-refractivity contribution in [1.82, 2.24) is 0 Å². The molecule has 31 heavy (non-hydrogen) atoms. The van der Waals surface area contributed by atoms with Crippen LogP contribution in [0.3, 0.4) is 0 Å². The number of carbonyl (C=O) groups excluding carboxylic acids is 1. The summed E-state index contributed by atoms with van der Waals surface area (Å²) in [6.07, 6.45) is -4.76. The summed E-state index contributed by atoms with van der Waals surface area (Å²) in [5, 5.41) is 0. The Bertz CT molecular complexity index is 961. The third-order valence-electron chi connectivity index (χ3n) is 4.00. The first-order chi connectivity index (χ1) is 14.6. The van der Waals surface area contributed by atoms with Gasteiger partial charge in [0.15, 0.2) is 0 Å². The number of carbonyl (C=O) groups is 1. The SMILES string of the molecule is CC.CC#CN(C)c1c(C)c(-c2ccc(OC(F)(F)F)cc2)cc(C(=O)OCC)c1Br. The van der Waals surface area contributed by atoms with Gasteiger partial charge in [0.2, 0.25) is 0 Å². The maximum atomic E-state index is 12.5. The maximum absolute atomic E-state index is 12.5. The molecule has 0 N–H and O–H groups in total. The first-order valence-corrected chi connectivity index (χ1v) is 10.4. The molecular formula is C23H25BrF3NO3. The Kier molecular flexibility index (Phi) is 9.92. The molecule has 0 saturated carbocycles. The fourth-order valence-corrected chi connectivity index (χ4v) is 3.69. The highest BCUT2D eigenvalue weighted by Crippen LogP contribution is 2.40. The zero-order valence-corrected chi connectivity index (χ0v) is 19.9. The van der Waals surface area contributed by atoms with E-state index < -0.39 is 12.3 Å². The van der Waals surface area contributed by atoms with Gasteiger partial charge in [-0.1, -0.05) is 31.9 Å². The van der Waals surface area contributed by atoms with Crippen LogP contribution in [0.25, 0.3) is 11.1 Å². The number of esters is 1. The molecule has 0 aliphatic heterocycles. The van der Waals surface area contributed by atoms with E-state index in [0.717, 1.165) is 5.56 Å². The molecule has 0 saturated heterocycles. The number of benzene rings is 2. The standard InChI is InChI=1S/C21H19BrF3NO3.C2H6/c1-5-11-26(4)19-13(3)16(12-17(18(19)22)20(27)28-6-2)14-7-9-15(10-8-14)29-21(23,24)25;1-2/h7-10,12H,6H2,1-4H3;1-2H3. The van der Waals surface area contributed by atoms with Gasteiger partial charge in [0.05, 0.1) is 22.3 Å². The molecule has 168 valence electrons. The molecule has 0 fully saturated rings. The molecule has 4 nitrogen and oxygen atoms in total. The predicted molar refractivity (Wildman–Crippen MR) is 120 cm³/mol. The molecule has 0 aliphatic carbocycles. The van der Waals surface area contributed by atoms with Gasteiger partial charge in [0, 0.05) is 13.1 Å². The molecule has 0 radical (unpaired) electrons. The topological polar surface area (TPSA) is 38.8 Å². The van der Waals surface area contributed by atoms with Crippen LogP contribution in [0.15, 0.2) is 34.8 Å². The van der Waals surface area contributed by atoms with Crippen LogP contribution < -0.4 is 9.64 Å². The summed E-state index contributed by atoms with van der Waals surface area (Å²) in [5.74, 6) is 1.96. The molecule has 0 bridgehead atoms. The number of hydrogen-bond acceptors (Lipinski definition) is 4. The van der Waals surface area contributed by atoms with E-state index >= 15 is 0 Å². The van der Waals surface area contributed by atoms with Crippen LogP contribution in [0, 0.1) is 18.9 Å². The average Bonchev–Trinajstić information content (AvgIpc) is 2.70. The lowest BCUT2D eigenvalue weighted by molar-refractivity contribution is -0.274. The average molecular weight is 500 g/mol. The monoisotopic (exact) mass is 499 g/mol. The third kappa shape index (κ3) is 6.93. The number of hydrogen-bond donors (Lipinski definition) is 0. The van der Waals surface area contributed by atoms with Crippen LogP contribution in [0.2, 0.25) is 0 Å². The first-order valence-electron chi connectivity index (χ1n) is 9.61. The van der Waals surface area contributed by atoms with Gasteiger partial charge in [-0.2, -0.15) is 0 Å². The highest BCUT2D eigenvalue weighted by Gasteiger charge is 2.31. The Morgan fingerprint density at radius 3 is 2.26 bits per heavy atom. The van der Waals surface area contributed by atoms with Crippen molar-refractivity contribution in [2.45, 2.75) is 41.0 Å². The summed E-state index contributed by atoms with van der Waals surface area (Å²) >= 11 is 3.47. The van der Waals surface area contributed by atoms with Crippen LogP contribution in [-0.4, -0.2) is 26.0 Å². The number of anilines is 1. The molecule has 0 spiro atoms. The van der Waals surface area contributed by atoms with E-state index in [1.54, 1.807) is 31.9 Å². The molecule has 2 aromatic carbocycles. The van der Waals surface area contributed by atoms with Gasteiger partial charge < -0.3 is 14.4 Å². The highest BCUT2D eigenvalue weighted by molar-refractivity contribution is 9.10. The van der Waals surface area contributed by atoms with Gasteiger partial charge in [-0.15, -0.1) is 13.2 Å². The maximum Gasteiger partial charge on any atom is 0.573 e. The lowest BCUT2D eigenvalue weighted by Crippen LogP contribution is -2.17. The van der Waals surface area contributed by atoms with Crippen molar-refractivity contribution < 1.29 is 27.4 Å². The van der Waals surface area contributed by atoms with Gasteiger partial charge in [-0.25, -0.2) is 4.79 Å². The molecular weight excluding hydrogens is 475 g/mol. The molecule has 0 heterocycles. The van der Waals surface area contributed by atoms with Crippen molar-refractivity contribution in [3.05, 3.63) is 45.9 Å². The van der Waals surface area contributed by atoms with Crippen molar-refractivity contribution in [2.24, 2.45) is 0 Å². The Labute approximate surface area is 189 Å². The zero-order valence-electron chi connectivity index (χ0n) is 18.3. The minimum atomic E-state index is -4.76. The Morgan fingerprint density at radius 1 is 1.19 bits per heavy atom. The fraction of sp³-hybridized carbons (Fsp3) is 0.348. The third-order valence-corrected chi connectivity index (χ3v) is 4.80. The van der Waals surface area contributed by atoms with Crippen molar-refractivity contribution in [3.63, 3.8) is 0 Å². The fourth-order valence-electron chi connectivity index (χ4n) is 2.85. The van der Waals surface area contributed by atoms with Crippen molar-refractivity contribution >= 4 is 27.6 Å². The summed E-state index contributed by atoms with van der Waals surface area (Å²) in [7, 11) is 1.75. The Balaban J connectivity index is 0.00000233. The second kappa shape index (κ2) is 11.7. The van der Waals surface area contributed by atoms with Crippen molar-refractivity contribution in [2.75, 3.05) is 18.6 Å². The predicted octanol–water partition coefficient (Wildman–Crippen LogP) is 6.94. The highest BCUT2D eigenvalue weighted by atomic mass is 79.9. The summed E-state index contributed by atoms with van der Waals surface area (Å²) in [5.41, 5.74) is 3.03. The second-order valence-electron chi connectivity index (χ2n) is 5.97. The van der Waals surface area contributed by atoms with Gasteiger partial charge in [-0.3, -0.25) is 0 Å². The number of nitrogens with zero attached hydrogens (tertiary/aromatic N) is 1. The van der Waals surface area contributed by atoms with Gasteiger partial charge in [0.1, 0.15) is 5.75 Å². The molecule has 0 atom stereocenters. The lowest BCUT2D eigenvalue weighted by atomic mass is 9.96. The minimum Gasteiger partial charge on any atom is -0.462 e. The van der Waals surface area contributed by atoms with Crippen LogP contribution in [0.1, 0.15) is 43.6 Å². The van der Waals surface area contributed by atoms with E-state index in [9.17, 15) is 18.0 Å². The van der Waals surface area contributed by atoms with Crippen molar-refractivity contribution in [1.29, 1.82) is 0 Å². The lowest BCUT2D eigenvalue weighted by Gasteiger charge is -2.22. The molecule has 0 aliphatic rings. The zero-order chi connectivity index (χ0) is 23.8. The van der Waals surface area contributed by atoms with Gasteiger partial charge in [-0.05, 0) is 71.6 Å². The van der Waals surface area contributed by atoms with Crippen LogP contribution in [-0.2, 0) is 4.74 Å². The number of halogens is 4. The summed E-state index contributed by atoms with van der Waals surface area (Å²) in [6.45, 7) is 9.45. The summed E-state index contributed by atoms with van der Waals surface area (Å²) < 4.78 is 46.8. The summed E-state index contributed by atoms with van der Waals surface area (Å²) in [4.78, 5) is 14.1. The molecule has 8 heteroatoms. The van der Waals surface area contributed by atoms with Crippen molar-refractivity contribution in [3.8, 4) is 28.8 Å². The number of ether oxygens (including phenoxy) is 2. The van der Waals surface area contributed by atoms with Crippen LogP contribution in [0.4, 0.5) is 18.9 Å². The van der Waals surface area contributed by atoms with Crippen LogP contribution in [0.5, 0.6) is 5.75 Å². The van der Waals surface area contributed by atoms with E-state index in [1.165, 1.54) is 24.3 Å². The molecule has 2 aromatic rings. The normalized spacial score (nSPS) is 10.3. The van der Waals surface area contributed by atoms with Gasteiger partial charge >= 0.3 is 12.3 Å². The molecule has 2 rings (SSSR count). The second-order valence-corrected chi connectivity index (χ2v) is 6.77. The van der Waals surface area contributed by atoms with E-state index in [-0.39, 0.29) is 12.4 Å². The van der Waals surface area contributed by atoms with E-state index in [2.05, 4.69) is 32.6 Å². The smallest absolute Gasteiger partial charge is 0.462 e. The summed E-state index contributed by atoms with van der Waals surface area (Å²) in [6, 6.07) is 10.0. The quantitative estimate of drug-likeness (QED) is 0.253. The largest absolute Gasteiger partial charge is 0.573 e. The van der Waals surface area contributed by atoms with Crippen LogP contribution >= 0.6 is 15.9 Å². The van der Waals surface area contributed by atoms with E-state index in [4.69, 9.17) is 4.74 Å². The minimum absolute atomic E-state index is 0.206. The van der Waals surface area contributed by atoms with E-state index in [0.29, 0.717) is 26.9 Å². The first kappa shape index (κ1) is 26.4. The van der Waals surface area contributed by atoms with E-state index in [1.807, 2.05) is 20.8 Å². The van der Waals surface area contributed by atoms with Gasteiger partial charge in [0.25, 0.3) is 0 Å². The molecule has 0 aromatic heterocycles. The Hall–Kier alpha value is -2.66. The molecule has 0 amide bonds. The Morgan fingerprint density at radius 2 is 1.77 bits per heavy atom. The number of alkyl halides is 3. The molecule has 0 unspecified atom stereocenters.